The van der Waals surface area contributed by atoms with E-state index in [2.05, 4.69) is 10.2 Å². The number of piperidine rings is 1. The van der Waals surface area contributed by atoms with Gasteiger partial charge in [0.05, 0.1) is 24.5 Å². The standard InChI is InChI=1S/C28H34N2O9/c1-14(29-20(31)13-18-25(33)39-26(2,3)38-18)24(32)36-17-8-9-28(34)19-12-15-6-7-16(35-5)22-21(15)27(28,23(17)37-22)10-11-30(19)4/h6-8,14,18-19,23,34H,9-13H2,1-5H3,(H,29,31)/t14-,18-,19-,23+,27+,28-/m0/s1. The summed E-state index contributed by atoms with van der Waals surface area (Å²) in [6, 6.07) is 2.78. The molecule has 3 aliphatic heterocycles. The number of hydrogen-bond acceptors (Lipinski definition) is 10. The fourth-order valence-corrected chi connectivity index (χ4v) is 7.17. The summed E-state index contributed by atoms with van der Waals surface area (Å²) in [5.74, 6) is -1.50. The Hall–Kier alpha value is -3.15. The highest BCUT2D eigenvalue weighted by Crippen LogP contribution is 2.65. The van der Waals surface area contributed by atoms with Gasteiger partial charge in [0.25, 0.3) is 0 Å². The Labute approximate surface area is 226 Å². The molecule has 1 amide bonds. The molecule has 11 nitrogen and oxygen atoms in total. The quantitative estimate of drug-likeness (QED) is 0.504. The van der Waals surface area contributed by atoms with Gasteiger partial charge in [-0.2, -0.15) is 0 Å². The number of nitrogens with one attached hydrogen (secondary N) is 1. The van der Waals surface area contributed by atoms with Crippen LogP contribution in [0.15, 0.2) is 24.0 Å². The van der Waals surface area contributed by atoms with Crippen LogP contribution >= 0.6 is 0 Å². The number of likely N-dealkylation sites (N-methyl/N-ethyl adjacent to an activating group) is 1. The molecule has 6 rings (SSSR count). The van der Waals surface area contributed by atoms with Crippen LogP contribution in [0.1, 0.15) is 51.2 Å². The number of rotatable bonds is 6. The fourth-order valence-electron chi connectivity index (χ4n) is 7.17. The molecule has 2 aliphatic carbocycles. The van der Waals surface area contributed by atoms with Gasteiger partial charge in [-0.05, 0) is 51.1 Å². The van der Waals surface area contributed by atoms with Crippen LogP contribution < -0.4 is 14.8 Å². The number of hydrogen-bond donors (Lipinski definition) is 2. The topological polar surface area (TPSA) is 133 Å². The number of amides is 1. The van der Waals surface area contributed by atoms with Crippen LogP contribution in [0, 0.1) is 0 Å². The zero-order chi connectivity index (χ0) is 27.9. The van der Waals surface area contributed by atoms with Crippen molar-refractivity contribution >= 4 is 17.8 Å². The smallest absolute Gasteiger partial charge is 0.338 e. The first-order chi connectivity index (χ1) is 18.4. The van der Waals surface area contributed by atoms with Crippen LogP contribution in [0.2, 0.25) is 0 Å². The number of likely N-dealkylation sites (tertiary alicyclic amines) is 1. The molecule has 0 radical (unpaired) electrons. The molecule has 0 saturated carbocycles. The van der Waals surface area contributed by atoms with Gasteiger partial charge >= 0.3 is 11.9 Å². The zero-order valence-electron chi connectivity index (χ0n) is 22.7. The number of aliphatic hydroxyl groups is 1. The average Bonchev–Trinajstić information content (AvgIpc) is 3.35. The lowest BCUT2D eigenvalue weighted by molar-refractivity contribution is -0.170. The molecule has 2 bridgehead atoms. The molecule has 0 unspecified atom stereocenters. The highest BCUT2D eigenvalue weighted by atomic mass is 16.8. The Balaban J connectivity index is 1.23. The van der Waals surface area contributed by atoms with Gasteiger partial charge in [0, 0.05) is 31.9 Å². The van der Waals surface area contributed by atoms with Gasteiger partial charge in [0.15, 0.2) is 23.7 Å². The van der Waals surface area contributed by atoms with Crippen molar-refractivity contribution in [2.24, 2.45) is 0 Å². The molecular weight excluding hydrogens is 508 g/mol. The van der Waals surface area contributed by atoms with Gasteiger partial charge in [-0.3, -0.25) is 4.79 Å². The highest BCUT2D eigenvalue weighted by Gasteiger charge is 2.72. The number of methoxy groups -OCH3 is 1. The molecule has 210 valence electrons. The first-order valence-electron chi connectivity index (χ1n) is 13.3. The molecule has 11 heteroatoms. The maximum atomic E-state index is 13.1. The molecule has 2 N–H and O–H groups in total. The third-order valence-corrected chi connectivity index (χ3v) is 8.91. The number of benzene rings is 1. The van der Waals surface area contributed by atoms with Gasteiger partial charge in [0.1, 0.15) is 11.8 Å². The molecule has 3 heterocycles. The molecule has 1 aromatic carbocycles. The van der Waals surface area contributed by atoms with E-state index >= 15 is 0 Å². The summed E-state index contributed by atoms with van der Waals surface area (Å²) in [4.78, 5) is 39.9. The summed E-state index contributed by atoms with van der Waals surface area (Å²) in [6.45, 7) is 5.43. The van der Waals surface area contributed by atoms with Gasteiger partial charge in [0.2, 0.25) is 11.7 Å². The molecule has 1 aromatic rings. The molecule has 5 aliphatic rings. The predicted molar refractivity (Wildman–Crippen MR) is 135 cm³/mol. The van der Waals surface area contributed by atoms with Crippen molar-refractivity contribution in [1.29, 1.82) is 0 Å². The monoisotopic (exact) mass is 542 g/mol. The molecule has 1 spiro atoms. The van der Waals surface area contributed by atoms with Crippen molar-refractivity contribution in [3.8, 4) is 11.5 Å². The number of nitrogens with zero attached hydrogens (tertiary/aromatic N) is 1. The van der Waals surface area contributed by atoms with Crippen LogP contribution in [0.3, 0.4) is 0 Å². The van der Waals surface area contributed by atoms with Crippen molar-refractivity contribution in [1.82, 2.24) is 10.2 Å². The van der Waals surface area contributed by atoms with E-state index in [0.29, 0.717) is 30.1 Å². The lowest BCUT2D eigenvalue weighted by Gasteiger charge is -2.61. The SMILES string of the molecule is COc1ccc2c3c1O[C@@H]1C(OC(=O)[C@H](C)NC(=O)C[C@@H]4OC(C)(C)OC4=O)=CC[C@]4(O)[C@H](C2)N(C)CC[C@@]314. The van der Waals surface area contributed by atoms with Crippen molar-refractivity contribution in [2.75, 3.05) is 20.7 Å². The maximum Gasteiger partial charge on any atom is 0.338 e. The second-order valence-electron chi connectivity index (χ2n) is 11.6. The molecule has 2 fully saturated rings. The van der Waals surface area contributed by atoms with Crippen LogP contribution in [0.25, 0.3) is 0 Å². The largest absolute Gasteiger partial charge is 0.493 e. The zero-order valence-corrected chi connectivity index (χ0v) is 22.7. The van der Waals surface area contributed by atoms with E-state index in [0.717, 1.165) is 17.7 Å². The Morgan fingerprint density at radius 3 is 2.77 bits per heavy atom. The molecule has 0 aromatic heterocycles. The Kier molecular flexibility index (Phi) is 5.80. The Morgan fingerprint density at radius 2 is 2.08 bits per heavy atom. The van der Waals surface area contributed by atoms with Crippen molar-refractivity contribution in [3.05, 3.63) is 35.1 Å². The first kappa shape index (κ1) is 26.1. The number of carbonyl (C=O) groups excluding carboxylic acids is 3. The van der Waals surface area contributed by atoms with Gasteiger partial charge < -0.3 is 39.0 Å². The van der Waals surface area contributed by atoms with Gasteiger partial charge in [-0.1, -0.05) is 6.07 Å². The molecule has 6 atom stereocenters. The van der Waals surface area contributed by atoms with Crippen molar-refractivity contribution in [3.63, 3.8) is 0 Å². The number of cyclic esters (lactones) is 1. The van der Waals surface area contributed by atoms with Gasteiger partial charge in [-0.25, -0.2) is 9.59 Å². The van der Waals surface area contributed by atoms with Crippen LogP contribution in [0.5, 0.6) is 11.5 Å². The fraction of sp³-hybridized carbons (Fsp3) is 0.607. The summed E-state index contributed by atoms with van der Waals surface area (Å²) in [6.07, 6.45) is 1.26. The summed E-state index contributed by atoms with van der Waals surface area (Å²) in [5.41, 5.74) is 0.117. The molecule has 2 saturated heterocycles. The summed E-state index contributed by atoms with van der Waals surface area (Å²) in [5, 5.41) is 14.8. The summed E-state index contributed by atoms with van der Waals surface area (Å²) < 4.78 is 28.5. The van der Waals surface area contributed by atoms with E-state index in [-0.39, 0.29) is 18.9 Å². The lowest BCUT2D eigenvalue weighted by Crippen LogP contribution is -2.74. The number of carbonyl (C=O) groups is 3. The molecular formula is C28H34N2O9. The number of ether oxygens (including phenoxy) is 5. The van der Waals surface area contributed by atoms with Crippen LogP contribution in [0.4, 0.5) is 0 Å². The van der Waals surface area contributed by atoms with Crippen molar-refractivity contribution in [2.45, 2.75) is 87.5 Å². The van der Waals surface area contributed by atoms with Gasteiger partial charge in [-0.15, -0.1) is 0 Å². The third-order valence-electron chi connectivity index (χ3n) is 8.91. The first-order valence-corrected chi connectivity index (χ1v) is 13.3. The third kappa shape index (κ3) is 3.70. The average molecular weight is 543 g/mol. The van der Waals surface area contributed by atoms with E-state index in [1.54, 1.807) is 27.0 Å². The lowest BCUT2D eigenvalue weighted by atomic mass is 9.50. The minimum absolute atomic E-state index is 0.120. The van der Waals surface area contributed by atoms with Crippen LogP contribution in [-0.4, -0.2) is 84.2 Å². The Morgan fingerprint density at radius 1 is 1.31 bits per heavy atom. The second-order valence-corrected chi connectivity index (χ2v) is 11.6. The summed E-state index contributed by atoms with van der Waals surface area (Å²) in [7, 11) is 3.60. The second kappa shape index (κ2) is 8.67. The van der Waals surface area contributed by atoms with Crippen LogP contribution in [-0.2, 0) is 40.4 Å². The molecule has 39 heavy (non-hydrogen) atoms. The normalized spacial score (nSPS) is 34.3. The summed E-state index contributed by atoms with van der Waals surface area (Å²) >= 11 is 0. The van der Waals surface area contributed by atoms with E-state index in [1.807, 2.05) is 19.2 Å². The highest BCUT2D eigenvalue weighted by molar-refractivity contribution is 5.88. The maximum absolute atomic E-state index is 13.1. The van der Waals surface area contributed by atoms with E-state index in [9.17, 15) is 19.5 Å². The Bertz CT molecular complexity index is 1290. The van der Waals surface area contributed by atoms with E-state index in [1.165, 1.54) is 6.92 Å². The minimum Gasteiger partial charge on any atom is -0.493 e. The van der Waals surface area contributed by atoms with E-state index < -0.39 is 52.9 Å². The van der Waals surface area contributed by atoms with E-state index in [4.69, 9.17) is 23.7 Å². The number of esters is 2. The van der Waals surface area contributed by atoms with Crippen molar-refractivity contribution < 1.29 is 43.2 Å². The predicted octanol–water partition coefficient (Wildman–Crippen LogP) is 1.09. The minimum atomic E-state index is -1.12.